The van der Waals surface area contributed by atoms with Crippen LogP contribution in [0, 0.1) is 0 Å². The first-order valence-corrected chi connectivity index (χ1v) is 9.94. The zero-order chi connectivity index (χ0) is 20.5. The predicted octanol–water partition coefficient (Wildman–Crippen LogP) is 5.67. The molecule has 0 aliphatic rings. The van der Waals surface area contributed by atoms with Gasteiger partial charge in [-0.05, 0) is 69.5 Å². The number of oxime groups is 1. The summed E-state index contributed by atoms with van der Waals surface area (Å²) in [6.45, 7) is 0.289. The topological polar surface area (TPSA) is 59.9 Å². The second-order valence-corrected chi connectivity index (χ2v) is 7.32. The standard InChI is InChI=1S/C22H18BrClN2O3/c23-20-12-17(6-11-21(20)28-14-16-4-2-1-3-5-16)13-25-29-15-22(27)26-19-9-7-18(24)8-10-19/h1-13H,14-15H2,(H,26,27)/b25-13+. The van der Waals surface area contributed by atoms with Crippen molar-refractivity contribution in [2.45, 2.75) is 6.61 Å². The lowest BCUT2D eigenvalue weighted by atomic mass is 10.2. The summed E-state index contributed by atoms with van der Waals surface area (Å²) in [7, 11) is 0. The fourth-order valence-corrected chi connectivity index (χ4v) is 3.01. The Morgan fingerprint density at radius 3 is 2.55 bits per heavy atom. The van der Waals surface area contributed by atoms with Crippen LogP contribution in [0.1, 0.15) is 11.1 Å². The van der Waals surface area contributed by atoms with Crippen LogP contribution in [0.5, 0.6) is 5.75 Å². The van der Waals surface area contributed by atoms with Gasteiger partial charge in [-0.3, -0.25) is 4.79 Å². The van der Waals surface area contributed by atoms with Gasteiger partial charge in [-0.25, -0.2) is 0 Å². The lowest BCUT2D eigenvalue weighted by Crippen LogP contribution is -2.16. The number of halogens is 2. The largest absolute Gasteiger partial charge is 0.488 e. The SMILES string of the molecule is O=C(CO/N=C/c1ccc(OCc2ccccc2)c(Br)c1)Nc1ccc(Cl)cc1. The van der Waals surface area contributed by atoms with E-state index < -0.39 is 0 Å². The van der Waals surface area contributed by atoms with Crippen LogP contribution in [-0.4, -0.2) is 18.7 Å². The molecule has 0 bridgehead atoms. The molecule has 148 valence electrons. The average molecular weight is 474 g/mol. The number of nitrogens with one attached hydrogen (secondary N) is 1. The van der Waals surface area contributed by atoms with E-state index in [1.807, 2.05) is 48.5 Å². The predicted molar refractivity (Wildman–Crippen MR) is 119 cm³/mol. The molecule has 7 heteroatoms. The first-order valence-electron chi connectivity index (χ1n) is 8.77. The lowest BCUT2D eigenvalue weighted by Gasteiger charge is -2.08. The number of rotatable bonds is 8. The van der Waals surface area contributed by atoms with Crippen molar-refractivity contribution in [2.24, 2.45) is 5.16 Å². The van der Waals surface area contributed by atoms with E-state index in [4.69, 9.17) is 21.2 Å². The molecule has 0 aromatic heterocycles. The number of anilines is 1. The first kappa shape index (κ1) is 20.9. The van der Waals surface area contributed by atoms with Crippen LogP contribution >= 0.6 is 27.5 Å². The van der Waals surface area contributed by atoms with Crippen molar-refractivity contribution in [1.82, 2.24) is 0 Å². The normalized spacial score (nSPS) is 10.7. The summed E-state index contributed by atoms with van der Waals surface area (Å²) < 4.78 is 6.62. The fraction of sp³-hybridized carbons (Fsp3) is 0.0909. The highest BCUT2D eigenvalue weighted by molar-refractivity contribution is 9.10. The molecule has 0 heterocycles. The van der Waals surface area contributed by atoms with Crippen LogP contribution in [0.4, 0.5) is 5.69 Å². The summed E-state index contributed by atoms with van der Waals surface area (Å²) in [5.41, 5.74) is 2.54. The third-order valence-corrected chi connectivity index (χ3v) is 4.66. The number of amides is 1. The summed E-state index contributed by atoms with van der Waals surface area (Å²) in [6, 6.07) is 22.3. The summed E-state index contributed by atoms with van der Waals surface area (Å²) in [4.78, 5) is 16.9. The molecular weight excluding hydrogens is 456 g/mol. The van der Waals surface area contributed by atoms with Crippen LogP contribution < -0.4 is 10.1 Å². The fourth-order valence-electron chi connectivity index (χ4n) is 2.37. The van der Waals surface area contributed by atoms with E-state index in [0.29, 0.717) is 17.3 Å². The van der Waals surface area contributed by atoms with E-state index in [-0.39, 0.29) is 12.5 Å². The minimum Gasteiger partial charge on any atom is -0.488 e. The first-order chi connectivity index (χ1) is 14.1. The third kappa shape index (κ3) is 6.93. The minimum atomic E-state index is -0.310. The Bertz CT molecular complexity index is 979. The van der Waals surface area contributed by atoms with Gasteiger partial charge in [-0.15, -0.1) is 0 Å². The van der Waals surface area contributed by atoms with Crippen LogP contribution in [0.3, 0.4) is 0 Å². The van der Waals surface area contributed by atoms with Gasteiger partial charge in [0.15, 0.2) is 6.61 Å². The van der Waals surface area contributed by atoms with Gasteiger partial charge in [0, 0.05) is 10.7 Å². The van der Waals surface area contributed by atoms with Crippen molar-refractivity contribution in [3.05, 3.63) is 93.4 Å². The molecule has 3 rings (SSSR count). The molecular formula is C22H18BrClN2O3. The highest BCUT2D eigenvalue weighted by Crippen LogP contribution is 2.26. The Morgan fingerprint density at radius 1 is 1.07 bits per heavy atom. The van der Waals surface area contributed by atoms with Gasteiger partial charge in [0.05, 0.1) is 10.7 Å². The smallest absolute Gasteiger partial charge is 0.265 e. The van der Waals surface area contributed by atoms with Crippen LogP contribution in [0.25, 0.3) is 0 Å². The lowest BCUT2D eigenvalue weighted by molar-refractivity contribution is -0.120. The molecule has 0 aliphatic heterocycles. The molecule has 0 radical (unpaired) electrons. The van der Waals surface area contributed by atoms with Crippen molar-refractivity contribution in [3.63, 3.8) is 0 Å². The summed E-state index contributed by atoms with van der Waals surface area (Å²) >= 11 is 9.30. The Labute approximate surface area is 182 Å². The quantitative estimate of drug-likeness (QED) is 0.339. The Balaban J connectivity index is 1.46. The van der Waals surface area contributed by atoms with E-state index in [2.05, 4.69) is 26.4 Å². The highest BCUT2D eigenvalue weighted by Gasteiger charge is 2.04. The zero-order valence-electron chi connectivity index (χ0n) is 15.3. The maximum atomic E-state index is 11.8. The number of carbonyl (C=O) groups excluding carboxylic acids is 1. The monoisotopic (exact) mass is 472 g/mol. The maximum absolute atomic E-state index is 11.8. The second kappa shape index (κ2) is 10.6. The van der Waals surface area contributed by atoms with Crippen LogP contribution in [-0.2, 0) is 16.2 Å². The summed E-state index contributed by atoms with van der Waals surface area (Å²) in [5.74, 6) is 0.421. The number of hydrogen-bond donors (Lipinski definition) is 1. The minimum absolute atomic E-state index is 0.196. The number of ether oxygens (including phenoxy) is 1. The molecule has 0 spiro atoms. The van der Waals surface area contributed by atoms with Crippen LogP contribution in [0.15, 0.2) is 82.4 Å². The molecule has 0 fully saturated rings. The van der Waals surface area contributed by atoms with Crippen molar-refractivity contribution < 1.29 is 14.4 Å². The van der Waals surface area contributed by atoms with Crippen molar-refractivity contribution in [1.29, 1.82) is 0 Å². The molecule has 0 saturated carbocycles. The second-order valence-electron chi connectivity index (χ2n) is 6.03. The molecule has 0 atom stereocenters. The highest BCUT2D eigenvalue weighted by atomic mass is 79.9. The molecule has 0 unspecified atom stereocenters. The van der Waals surface area contributed by atoms with E-state index in [1.165, 1.54) is 6.21 Å². The average Bonchev–Trinajstić information content (AvgIpc) is 2.73. The summed E-state index contributed by atoms with van der Waals surface area (Å²) in [6.07, 6.45) is 1.53. The molecule has 0 saturated heterocycles. The van der Waals surface area contributed by atoms with Gasteiger partial charge in [0.1, 0.15) is 12.4 Å². The Hall–Kier alpha value is -2.83. The number of benzene rings is 3. The van der Waals surface area contributed by atoms with Crippen molar-refractivity contribution in [2.75, 3.05) is 11.9 Å². The molecule has 3 aromatic carbocycles. The van der Waals surface area contributed by atoms with Gasteiger partial charge in [0.2, 0.25) is 0 Å². The van der Waals surface area contributed by atoms with E-state index in [0.717, 1.165) is 21.3 Å². The molecule has 1 amide bonds. The van der Waals surface area contributed by atoms with Gasteiger partial charge in [-0.2, -0.15) is 0 Å². The third-order valence-electron chi connectivity index (χ3n) is 3.79. The van der Waals surface area contributed by atoms with Gasteiger partial charge < -0.3 is 14.9 Å². The maximum Gasteiger partial charge on any atom is 0.265 e. The Kier molecular flexibility index (Phi) is 7.67. The zero-order valence-corrected chi connectivity index (χ0v) is 17.7. The van der Waals surface area contributed by atoms with Gasteiger partial charge in [-0.1, -0.05) is 47.1 Å². The Morgan fingerprint density at radius 2 is 1.83 bits per heavy atom. The number of nitrogens with zero attached hydrogens (tertiary/aromatic N) is 1. The molecule has 3 aromatic rings. The summed E-state index contributed by atoms with van der Waals surface area (Å²) in [5, 5.41) is 7.13. The number of carbonyl (C=O) groups is 1. The number of hydrogen-bond acceptors (Lipinski definition) is 4. The molecule has 0 aliphatic carbocycles. The van der Waals surface area contributed by atoms with Gasteiger partial charge in [0.25, 0.3) is 5.91 Å². The van der Waals surface area contributed by atoms with Crippen LogP contribution in [0.2, 0.25) is 5.02 Å². The van der Waals surface area contributed by atoms with E-state index in [1.54, 1.807) is 24.3 Å². The molecule has 5 nitrogen and oxygen atoms in total. The van der Waals surface area contributed by atoms with Gasteiger partial charge >= 0.3 is 0 Å². The van der Waals surface area contributed by atoms with E-state index in [9.17, 15) is 4.79 Å². The van der Waals surface area contributed by atoms with E-state index >= 15 is 0 Å². The van der Waals surface area contributed by atoms with Crippen molar-refractivity contribution >= 4 is 45.3 Å². The molecule has 29 heavy (non-hydrogen) atoms. The molecule has 1 N–H and O–H groups in total. The van der Waals surface area contributed by atoms with Crippen molar-refractivity contribution in [3.8, 4) is 5.75 Å².